The lowest BCUT2D eigenvalue weighted by molar-refractivity contribution is -0.0291. The van der Waals surface area contributed by atoms with Crippen LogP contribution in [-0.4, -0.2) is 17.8 Å². The van der Waals surface area contributed by atoms with Crippen molar-refractivity contribution in [2.24, 2.45) is 0 Å². The third kappa shape index (κ3) is 6.74. The third-order valence-corrected chi connectivity index (χ3v) is 3.46. The lowest BCUT2D eigenvalue weighted by Gasteiger charge is -2.19. The molecule has 0 bridgehead atoms. The standard InChI is InChI=1S/C17H28O2/c1-3-4-5-6-7-11-14-19-15(2)17(18)16-12-9-8-10-13-16/h8-10,12-13,15,17-18H,3-7,11,14H2,1-2H3. The van der Waals surface area contributed by atoms with Crippen LogP contribution in [0.1, 0.15) is 64.0 Å². The van der Waals surface area contributed by atoms with E-state index in [4.69, 9.17) is 4.74 Å². The van der Waals surface area contributed by atoms with Crippen LogP contribution in [-0.2, 0) is 4.74 Å². The van der Waals surface area contributed by atoms with Crippen molar-refractivity contribution < 1.29 is 9.84 Å². The van der Waals surface area contributed by atoms with Crippen molar-refractivity contribution in [2.75, 3.05) is 6.61 Å². The maximum atomic E-state index is 10.1. The molecule has 1 aromatic carbocycles. The lowest BCUT2D eigenvalue weighted by Crippen LogP contribution is -2.19. The molecule has 0 heterocycles. The number of ether oxygens (including phenoxy) is 1. The fraction of sp³-hybridized carbons (Fsp3) is 0.647. The summed E-state index contributed by atoms with van der Waals surface area (Å²) < 4.78 is 5.71. The summed E-state index contributed by atoms with van der Waals surface area (Å²) >= 11 is 0. The van der Waals surface area contributed by atoms with Crippen LogP contribution in [0.2, 0.25) is 0 Å². The molecule has 2 atom stereocenters. The van der Waals surface area contributed by atoms with Gasteiger partial charge in [0.15, 0.2) is 0 Å². The van der Waals surface area contributed by atoms with Gasteiger partial charge in [0.05, 0.1) is 6.10 Å². The van der Waals surface area contributed by atoms with E-state index in [0.29, 0.717) is 0 Å². The van der Waals surface area contributed by atoms with Crippen molar-refractivity contribution in [3.63, 3.8) is 0 Å². The number of hydrogen-bond acceptors (Lipinski definition) is 2. The monoisotopic (exact) mass is 264 g/mol. The molecule has 2 heteroatoms. The zero-order valence-electron chi connectivity index (χ0n) is 12.3. The average molecular weight is 264 g/mol. The molecule has 108 valence electrons. The minimum absolute atomic E-state index is 0.141. The molecule has 1 N–H and O–H groups in total. The van der Waals surface area contributed by atoms with Gasteiger partial charge in [-0.05, 0) is 18.9 Å². The first kappa shape index (κ1) is 16.2. The van der Waals surface area contributed by atoms with Crippen LogP contribution >= 0.6 is 0 Å². The molecule has 2 nitrogen and oxygen atoms in total. The summed E-state index contributed by atoms with van der Waals surface area (Å²) in [6.45, 7) is 4.92. The van der Waals surface area contributed by atoms with Crippen LogP contribution < -0.4 is 0 Å². The Morgan fingerprint density at radius 1 is 1.00 bits per heavy atom. The summed E-state index contributed by atoms with van der Waals surface area (Å²) in [5, 5.41) is 10.1. The Morgan fingerprint density at radius 3 is 2.32 bits per heavy atom. The quantitative estimate of drug-likeness (QED) is 0.631. The third-order valence-electron chi connectivity index (χ3n) is 3.46. The number of rotatable bonds is 10. The van der Waals surface area contributed by atoms with Gasteiger partial charge in [0.25, 0.3) is 0 Å². The van der Waals surface area contributed by atoms with Crippen molar-refractivity contribution in [1.29, 1.82) is 0 Å². The largest absolute Gasteiger partial charge is 0.386 e. The SMILES string of the molecule is CCCCCCCCOC(C)C(O)c1ccccc1. The van der Waals surface area contributed by atoms with E-state index < -0.39 is 6.10 Å². The van der Waals surface area contributed by atoms with Gasteiger partial charge in [0, 0.05) is 6.61 Å². The molecule has 0 spiro atoms. The Hall–Kier alpha value is -0.860. The highest BCUT2D eigenvalue weighted by Gasteiger charge is 2.16. The number of unbranched alkanes of at least 4 members (excludes halogenated alkanes) is 5. The van der Waals surface area contributed by atoms with E-state index in [1.54, 1.807) is 0 Å². The Morgan fingerprint density at radius 2 is 1.63 bits per heavy atom. The fourth-order valence-corrected chi connectivity index (χ4v) is 2.16. The van der Waals surface area contributed by atoms with Crippen molar-refractivity contribution in [3.05, 3.63) is 35.9 Å². The topological polar surface area (TPSA) is 29.5 Å². The zero-order chi connectivity index (χ0) is 13.9. The zero-order valence-corrected chi connectivity index (χ0v) is 12.3. The van der Waals surface area contributed by atoms with E-state index in [0.717, 1.165) is 18.6 Å². The smallest absolute Gasteiger partial charge is 0.105 e. The number of benzene rings is 1. The molecule has 0 radical (unpaired) electrons. The van der Waals surface area contributed by atoms with E-state index in [2.05, 4.69) is 6.92 Å². The average Bonchev–Trinajstić information content (AvgIpc) is 2.46. The fourth-order valence-electron chi connectivity index (χ4n) is 2.16. The van der Waals surface area contributed by atoms with E-state index in [1.807, 2.05) is 37.3 Å². The van der Waals surface area contributed by atoms with Crippen LogP contribution in [0.5, 0.6) is 0 Å². The Kier molecular flexibility index (Phi) is 8.52. The maximum Gasteiger partial charge on any atom is 0.105 e. The summed E-state index contributed by atoms with van der Waals surface area (Å²) in [5.41, 5.74) is 0.929. The molecular weight excluding hydrogens is 236 g/mol. The van der Waals surface area contributed by atoms with Gasteiger partial charge in [0.2, 0.25) is 0 Å². The van der Waals surface area contributed by atoms with Crippen molar-refractivity contribution in [2.45, 2.75) is 64.6 Å². The molecule has 0 amide bonds. The highest BCUT2D eigenvalue weighted by molar-refractivity contribution is 5.18. The van der Waals surface area contributed by atoms with Crippen LogP contribution in [0.25, 0.3) is 0 Å². The molecule has 0 fully saturated rings. The number of hydrogen-bond donors (Lipinski definition) is 1. The van der Waals surface area contributed by atoms with E-state index in [-0.39, 0.29) is 6.10 Å². The van der Waals surface area contributed by atoms with Gasteiger partial charge in [-0.1, -0.05) is 69.4 Å². The van der Waals surface area contributed by atoms with Gasteiger partial charge >= 0.3 is 0 Å². The summed E-state index contributed by atoms with van der Waals surface area (Å²) in [7, 11) is 0. The molecule has 19 heavy (non-hydrogen) atoms. The van der Waals surface area contributed by atoms with Crippen LogP contribution in [0.3, 0.4) is 0 Å². The van der Waals surface area contributed by atoms with Gasteiger partial charge in [-0.15, -0.1) is 0 Å². The molecule has 0 saturated heterocycles. The summed E-state index contributed by atoms with van der Waals surface area (Å²) in [6.07, 6.45) is 6.91. The molecule has 0 aliphatic carbocycles. The summed E-state index contributed by atoms with van der Waals surface area (Å²) in [6, 6.07) is 9.72. The molecule has 1 aromatic rings. The van der Waals surface area contributed by atoms with E-state index in [1.165, 1.54) is 32.1 Å². The maximum absolute atomic E-state index is 10.1. The van der Waals surface area contributed by atoms with Gasteiger partial charge in [0.1, 0.15) is 6.10 Å². The highest BCUT2D eigenvalue weighted by Crippen LogP contribution is 2.18. The highest BCUT2D eigenvalue weighted by atomic mass is 16.5. The predicted octanol–water partition coefficient (Wildman–Crippen LogP) is 4.49. The molecule has 0 aromatic heterocycles. The van der Waals surface area contributed by atoms with Crippen molar-refractivity contribution in [1.82, 2.24) is 0 Å². The molecule has 0 aliphatic rings. The lowest BCUT2D eigenvalue weighted by atomic mass is 10.1. The summed E-state index contributed by atoms with van der Waals surface area (Å²) in [4.78, 5) is 0. The predicted molar refractivity (Wildman–Crippen MR) is 80.2 cm³/mol. The van der Waals surface area contributed by atoms with Crippen LogP contribution in [0.4, 0.5) is 0 Å². The van der Waals surface area contributed by atoms with E-state index in [9.17, 15) is 5.11 Å². The van der Waals surface area contributed by atoms with Gasteiger partial charge in [-0.3, -0.25) is 0 Å². The minimum atomic E-state index is -0.527. The second-order valence-electron chi connectivity index (χ2n) is 5.20. The normalized spacial score (nSPS) is 14.3. The Labute approximate surface area is 117 Å². The number of aliphatic hydroxyl groups excluding tert-OH is 1. The molecule has 0 aliphatic heterocycles. The molecule has 1 rings (SSSR count). The molecule has 0 saturated carbocycles. The van der Waals surface area contributed by atoms with Crippen molar-refractivity contribution in [3.8, 4) is 0 Å². The second kappa shape index (κ2) is 9.99. The van der Waals surface area contributed by atoms with Gasteiger partial charge < -0.3 is 9.84 Å². The minimum Gasteiger partial charge on any atom is -0.386 e. The molecular formula is C17H28O2. The van der Waals surface area contributed by atoms with Crippen LogP contribution in [0.15, 0.2) is 30.3 Å². The van der Waals surface area contributed by atoms with Gasteiger partial charge in [-0.2, -0.15) is 0 Å². The first-order chi connectivity index (χ1) is 9.25. The number of aliphatic hydroxyl groups is 1. The van der Waals surface area contributed by atoms with E-state index >= 15 is 0 Å². The van der Waals surface area contributed by atoms with Gasteiger partial charge in [-0.25, -0.2) is 0 Å². The molecule has 2 unspecified atom stereocenters. The first-order valence-corrected chi connectivity index (χ1v) is 7.60. The summed E-state index contributed by atoms with van der Waals surface area (Å²) in [5.74, 6) is 0. The second-order valence-corrected chi connectivity index (χ2v) is 5.20. The Balaban J connectivity index is 2.12. The first-order valence-electron chi connectivity index (χ1n) is 7.60. The Bertz CT molecular complexity index is 310. The van der Waals surface area contributed by atoms with Crippen molar-refractivity contribution >= 4 is 0 Å². The van der Waals surface area contributed by atoms with Crippen LogP contribution in [0, 0.1) is 0 Å².